The molecule has 0 aliphatic heterocycles. The summed E-state index contributed by atoms with van der Waals surface area (Å²) < 4.78 is 11.0. The van der Waals surface area contributed by atoms with Gasteiger partial charge in [-0.3, -0.25) is 0 Å². The normalized spacial score (nSPS) is 10.4. The highest BCUT2D eigenvalue weighted by molar-refractivity contribution is 9.09. The van der Waals surface area contributed by atoms with Crippen LogP contribution in [0.5, 0.6) is 0 Å². The van der Waals surface area contributed by atoms with Crippen LogP contribution in [0.25, 0.3) is 0 Å². The maximum atomic E-state index is 5.50. The van der Waals surface area contributed by atoms with Gasteiger partial charge in [-0.15, -0.1) is 11.8 Å². The molecule has 2 nitrogen and oxygen atoms in total. The van der Waals surface area contributed by atoms with E-state index in [2.05, 4.69) is 27.8 Å². The topological polar surface area (TPSA) is 18.5 Å². The van der Waals surface area contributed by atoms with E-state index in [1.54, 1.807) is 0 Å². The number of unbranched alkanes of at least 4 members (excludes halogenated alkanes) is 4. The second kappa shape index (κ2) is 15.0. The van der Waals surface area contributed by atoms with Crippen LogP contribution in [0.1, 0.15) is 58.8 Å². The first-order chi connectivity index (χ1) is 8.85. The fraction of sp³-hybridized carbons (Fsp3) is 0.867. The average Bonchev–Trinajstić information content (AvgIpc) is 2.37. The molecule has 0 saturated heterocycles. The summed E-state index contributed by atoms with van der Waals surface area (Å²) in [5, 5.41) is 1.05. The summed E-state index contributed by atoms with van der Waals surface area (Å²) in [5.41, 5.74) is 0. The molecule has 0 spiro atoms. The first kappa shape index (κ1) is 18.0. The Bertz CT molecular complexity index is 214. The van der Waals surface area contributed by atoms with E-state index in [0.29, 0.717) is 0 Å². The Morgan fingerprint density at radius 3 is 2.06 bits per heavy atom. The molecule has 0 unspecified atom stereocenters. The van der Waals surface area contributed by atoms with Crippen LogP contribution in [0.2, 0.25) is 0 Å². The van der Waals surface area contributed by atoms with Gasteiger partial charge in [0.25, 0.3) is 0 Å². The van der Waals surface area contributed by atoms with Gasteiger partial charge in [0.05, 0.1) is 0 Å². The number of halogens is 1. The highest BCUT2D eigenvalue weighted by Crippen LogP contribution is 2.09. The number of rotatable bonds is 11. The van der Waals surface area contributed by atoms with E-state index < -0.39 is 0 Å². The van der Waals surface area contributed by atoms with E-state index in [1.165, 1.54) is 12.8 Å². The lowest BCUT2D eigenvalue weighted by Crippen LogP contribution is -2.17. The highest BCUT2D eigenvalue weighted by Gasteiger charge is 2.06. The van der Waals surface area contributed by atoms with Crippen LogP contribution < -0.4 is 0 Å². The second-order valence-electron chi connectivity index (χ2n) is 4.09. The van der Waals surface area contributed by atoms with Crippen LogP contribution in [0, 0.1) is 11.8 Å². The Balaban J connectivity index is 3.38. The Morgan fingerprint density at radius 2 is 1.50 bits per heavy atom. The van der Waals surface area contributed by atoms with Crippen LogP contribution in [0.4, 0.5) is 0 Å². The summed E-state index contributed by atoms with van der Waals surface area (Å²) in [6.07, 6.45) is 7.74. The minimum atomic E-state index is -0.00925. The molecule has 0 aromatic carbocycles. The molecule has 0 aliphatic carbocycles. The molecule has 0 rings (SSSR count). The van der Waals surface area contributed by atoms with Gasteiger partial charge < -0.3 is 9.47 Å². The van der Waals surface area contributed by atoms with Crippen molar-refractivity contribution >= 4 is 15.9 Å². The molecule has 0 amide bonds. The molecule has 0 saturated carbocycles. The fourth-order valence-corrected chi connectivity index (χ4v) is 1.90. The molecule has 0 aliphatic rings. The van der Waals surface area contributed by atoms with E-state index in [9.17, 15) is 0 Å². The van der Waals surface area contributed by atoms with Crippen molar-refractivity contribution in [2.24, 2.45) is 0 Å². The third-order valence-electron chi connectivity index (χ3n) is 2.51. The third-order valence-corrected chi connectivity index (χ3v) is 3.07. The zero-order valence-electron chi connectivity index (χ0n) is 11.8. The Morgan fingerprint density at radius 1 is 0.889 bits per heavy atom. The van der Waals surface area contributed by atoms with Crippen LogP contribution in [-0.4, -0.2) is 24.8 Å². The SMILES string of the molecule is CCOC(CCCCCC#CCCCBr)OCC. The predicted molar refractivity (Wildman–Crippen MR) is 80.9 cm³/mol. The van der Waals surface area contributed by atoms with Gasteiger partial charge in [0, 0.05) is 31.4 Å². The first-order valence-corrected chi connectivity index (χ1v) is 8.22. The van der Waals surface area contributed by atoms with Crippen LogP contribution >= 0.6 is 15.9 Å². The summed E-state index contributed by atoms with van der Waals surface area (Å²) in [7, 11) is 0. The Labute approximate surface area is 121 Å². The molecule has 18 heavy (non-hydrogen) atoms. The summed E-state index contributed by atoms with van der Waals surface area (Å²) in [4.78, 5) is 0. The fourth-order valence-electron chi connectivity index (χ4n) is 1.62. The minimum absolute atomic E-state index is 0.00925. The minimum Gasteiger partial charge on any atom is -0.353 e. The lowest BCUT2D eigenvalue weighted by atomic mass is 10.1. The van der Waals surface area contributed by atoms with Crippen molar-refractivity contribution < 1.29 is 9.47 Å². The van der Waals surface area contributed by atoms with E-state index in [4.69, 9.17) is 9.47 Å². The first-order valence-electron chi connectivity index (χ1n) is 7.10. The predicted octanol–water partition coefficient (Wildman–Crippen LogP) is 4.51. The molecular formula is C15H27BrO2. The van der Waals surface area contributed by atoms with Crippen molar-refractivity contribution in [3.05, 3.63) is 0 Å². The van der Waals surface area contributed by atoms with E-state index in [-0.39, 0.29) is 6.29 Å². The molecular weight excluding hydrogens is 292 g/mol. The number of alkyl halides is 1. The van der Waals surface area contributed by atoms with Crippen LogP contribution in [0.3, 0.4) is 0 Å². The van der Waals surface area contributed by atoms with Gasteiger partial charge in [-0.1, -0.05) is 22.4 Å². The lowest BCUT2D eigenvalue weighted by molar-refractivity contribution is -0.140. The lowest BCUT2D eigenvalue weighted by Gasteiger charge is -2.16. The van der Waals surface area contributed by atoms with Crippen molar-refractivity contribution in [3.63, 3.8) is 0 Å². The number of ether oxygens (including phenoxy) is 2. The van der Waals surface area contributed by atoms with Gasteiger partial charge in [-0.2, -0.15) is 0 Å². The molecule has 0 bridgehead atoms. The van der Waals surface area contributed by atoms with Gasteiger partial charge in [0.15, 0.2) is 6.29 Å². The molecule has 0 radical (unpaired) electrons. The number of hydrogen-bond acceptors (Lipinski definition) is 2. The molecule has 106 valence electrons. The third kappa shape index (κ3) is 12.4. The molecule has 0 aromatic rings. The Hall–Kier alpha value is -0.0400. The average molecular weight is 319 g/mol. The van der Waals surface area contributed by atoms with Gasteiger partial charge in [-0.05, 0) is 39.5 Å². The zero-order valence-corrected chi connectivity index (χ0v) is 13.4. The van der Waals surface area contributed by atoms with Gasteiger partial charge in [0.1, 0.15) is 0 Å². The largest absolute Gasteiger partial charge is 0.353 e. The molecule has 3 heteroatoms. The smallest absolute Gasteiger partial charge is 0.157 e. The maximum Gasteiger partial charge on any atom is 0.157 e. The van der Waals surface area contributed by atoms with Gasteiger partial charge in [-0.25, -0.2) is 0 Å². The van der Waals surface area contributed by atoms with Crippen molar-refractivity contribution in [2.45, 2.75) is 65.1 Å². The maximum absolute atomic E-state index is 5.50. The summed E-state index contributed by atoms with van der Waals surface area (Å²) in [6, 6.07) is 0. The van der Waals surface area contributed by atoms with E-state index in [1.807, 2.05) is 13.8 Å². The summed E-state index contributed by atoms with van der Waals surface area (Å²) in [6.45, 7) is 5.47. The van der Waals surface area contributed by atoms with E-state index >= 15 is 0 Å². The van der Waals surface area contributed by atoms with E-state index in [0.717, 1.165) is 50.6 Å². The summed E-state index contributed by atoms with van der Waals surface area (Å²) >= 11 is 3.40. The monoisotopic (exact) mass is 318 g/mol. The quantitative estimate of drug-likeness (QED) is 0.241. The van der Waals surface area contributed by atoms with Gasteiger partial charge >= 0.3 is 0 Å². The standard InChI is InChI=1S/C15H27BrO2/c1-3-17-15(18-4-2)13-11-9-7-5-6-8-10-12-14-16/h15H,3-5,7,9-14H2,1-2H3. The molecule has 0 atom stereocenters. The van der Waals surface area contributed by atoms with Crippen LogP contribution in [-0.2, 0) is 9.47 Å². The highest BCUT2D eigenvalue weighted by atomic mass is 79.9. The second-order valence-corrected chi connectivity index (χ2v) is 4.88. The molecule has 0 aromatic heterocycles. The number of hydrogen-bond donors (Lipinski definition) is 0. The van der Waals surface area contributed by atoms with Crippen LogP contribution in [0.15, 0.2) is 0 Å². The van der Waals surface area contributed by atoms with Crippen molar-refractivity contribution in [1.29, 1.82) is 0 Å². The zero-order chi connectivity index (χ0) is 13.5. The molecule has 0 fully saturated rings. The van der Waals surface area contributed by atoms with Crippen molar-refractivity contribution in [1.82, 2.24) is 0 Å². The van der Waals surface area contributed by atoms with Gasteiger partial charge in [0.2, 0.25) is 0 Å². The molecule has 0 heterocycles. The Kier molecular flexibility index (Phi) is 15.0. The summed E-state index contributed by atoms with van der Waals surface area (Å²) in [5.74, 6) is 6.42. The van der Waals surface area contributed by atoms with Crippen molar-refractivity contribution in [3.8, 4) is 11.8 Å². The molecule has 0 N–H and O–H groups in total. The van der Waals surface area contributed by atoms with Crippen molar-refractivity contribution in [2.75, 3.05) is 18.5 Å².